The summed E-state index contributed by atoms with van der Waals surface area (Å²) < 4.78 is 29.3. The number of hydrogen-bond donors (Lipinski definition) is 1. The summed E-state index contributed by atoms with van der Waals surface area (Å²) >= 11 is 0. The number of fused-ring (bicyclic) bond motifs is 1. The maximum Gasteiger partial charge on any atom is 0.175 e. The summed E-state index contributed by atoms with van der Waals surface area (Å²) in [7, 11) is -3.30. The number of nitrogens with one attached hydrogen (secondary N) is 1. The molecule has 1 aliphatic heterocycles. The van der Waals surface area contributed by atoms with E-state index >= 15 is 0 Å². The first kappa shape index (κ1) is 19.6. The minimum absolute atomic E-state index is 0.00581. The maximum atomic E-state index is 11.9. The van der Waals surface area contributed by atoms with Gasteiger partial charge in [0.15, 0.2) is 9.84 Å². The molecule has 2 aromatic carbocycles. The Bertz CT molecular complexity index is 1110. The second-order valence-corrected chi connectivity index (χ2v) is 9.25. The van der Waals surface area contributed by atoms with Gasteiger partial charge in [-0.2, -0.15) is 0 Å². The van der Waals surface area contributed by atoms with Gasteiger partial charge in [0, 0.05) is 36.5 Å². The molecule has 0 bridgehead atoms. The molecule has 0 radical (unpaired) electrons. The second-order valence-electron chi connectivity index (χ2n) is 7.23. The van der Waals surface area contributed by atoms with Crippen LogP contribution in [0.4, 0.5) is 11.5 Å². The van der Waals surface area contributed by atoms with Crippen molar-refractivity contribution in [1.29, 1.82) is 0 Å². The van der Waals surface area contributed by atoms with Crippen LogP contribution >= 0.6 is 0 Å². The Morgan fingerprint density at radius 3 is 2.48 bits per heavy atom. The van der Waals surface area contributed by atoms with Crippen LogP contribution in [-0.4, -0.2) is 50.9 Å². The molecule has 29 heavy (non-hydrogen) atoms. The maximum absolute atomic E-state index is 11.9. The van der Waals surface area contributed by atoms with E-state index in [9.17, 15) is 8.42 Å². The summed E-state index contributed by atoms with van der Waals surface area (Å²) in [6.07, 6.45) is 2.68. The Morgan fingerprint density at radius 2 is 1.79 bits per heavy atom. The number of sulfone groups is 1. The Labute approximate surface area is 170 Å². The van der Waals surface area contributed by atoms with Crippen LogP contribution in [-0.2, 0) is 14.6 Å². The van der Waals surface area contributed by atoms with E-state index in [1.54, 1.807) is 18.2 Å². The molecule has 1 fully saturated rings. The Morgan fingerprint density at radius 1 is 1.07 bits per heavy atom. The molecular weight excluding hydrogens is 388 g/mol. The van der Waals surface area contributed by atoms with E-state index in [4.69, 9.17) is 4.74 Å². The Hall–Kier alpha value is -2.71. The molecular formula is C21H24N4O3S. The van der Waals surface area contributed by atoms with Crippen LogP contribution in [0.25, 0.3) is 10.9 Å². The van der Waals surface area contributed by atoms with E-state index in [1.807, 2.05) is 0 Å². The summed E-state index contributed by atoms with van der Waals surface area (Å²) in [5.74, 6) is 0.616. The van der Waals surface area contributed by atoms with Crippen molar-refractivity contribution in [2.24, 2.45) is 0 Å². The van der Waals surface area contributed by atoms with Crippen molar-refractivity contribution in [3.8, 4) is 0 Å². The lowest BCUT2D eigenvalue weighted by Crippen LogP contribution is -2.36. The third kappa shape index (κ3) is 4.33. The van der Waals surface area contributed by atoms with Crippen molar-refractivity contribution in [3.63, 3.8) is 0 Å². The topological polar surface area (TPSA) is 84.4 Å². The van der Waals surface area contributed by atoms with E-state index in [0.717, 1.165) is 31.9 Å². The fourth-order valence-corrected chi connectivity index (χ4v) is 4.11. The smallest absolute Gasteiger partial charge is 0.175 e. The van der Waals surface area contributed by atoms with Gasteiger partial charge in [0.1, 0.15) is 12.1 Å². The summed E-state index contributed by atoms with van der Waals surface area (Å²) in [6, 6.07) is 13.4. The SMILES string of the molecule is CC(Nc1ncnc2ccc(S(C)(=O)=O)cc12)c1ccc(N2CCOCC2)cc1. The number of morpholine rings is 1. The molecule has 0 spiro atoms. The lowest BCUT2D eigenvalue weighted by molar-refractivity contribution is 0.122. The van der Waals surface area contributed by atoms with Crippen molar-refractivity contribution >= 4 is 32.2 Å². The van der Waals surface area contributed by atoms with Gasteiger partial charge in [-0.1, -0.05) is 12.1 Å². The Balaban J connectivity index is 1.57. The molecule has 1 saturated heterocycles. The fourth-order valence-electron chi connectivity index (χ4n) is 3.47. The quantitative estimate of drug-likeness (QED) is 0.689. The first-order valence-electron chi connectivity index (χ1n) is 9.56. The molecule has 8 heteroatoms. The average molecular weight is 413 g/mol. The van der Waals surface area contributed by atoms with Gasteiger partial charge >= 0.3 is 0 Å². The van der Waals surface area contributed by atoms with Crippen molar-refractivity contribution in [3.05, 3.63) is 54.4 Å². The monoisotopic (exact) mass is 412 g/mol. The third-order valence-electron chi connectivity index (χ3n) is 5.16. The molecule has 0 saturated carbocycles. The standard InChI is InChI=1S/C21H24N4O3S/c1-15(16-3-5-17(6-4-16)25-9-11-28-12-10-25)24-21-19-13-18(29(2,26)27)7-8-20(19)22-14-23-21/h3-8,13-15H,9-12H2,1-2H3,(H,22,23,24). The van der Waals surface area contributed by atoms with E-state index < -0.39 is 9.84 Å². The number of anilines is 2. The summed E-state index contributed by atoms with van der Waals surface area (Å²) in [5.41, 5.74) is 3.01. The molecule has 1 atom stereocenters. The number of nitrogens with zero attached hydrogens (tertiary/aromatic N) is 3. The van der Waals surface area contributed by atoms with Crippen LogP contribution in [0.5, 0.6) is 0 Å². The van der Waals surface area contributed by atoms with Crippen molar-refractivity contribution < 1.29 is 13.2 Å². The zero-order chi connectivity index (χ0) is 20.4. The number of hydrogen-bond acceptors (Lipinski definition) is 7. The minimum Gasteiger partial charge on any atom is -0.378 e. The number of benzene rings is 2. The first-order chi connectivity index (χ1) is 13.9. The molecule has 2 heterocycles. The van der Waals surface area contributed by atoms with Gasteiger partial charge in [0.2, 0.25) is 0 Å². The molecule has 4 rings (SSSR count). The van der Waals surface area contributed by atoms with E-state index in [-0.39, 0.29) is 10.9 Å². The van der Waals surface area contributed by atoms with Crippen LogP contribution in [0.1, 0.15) is 18.5 Å². The first-order valence-corrected chi connectivity index (χ1v) is 11.4. The minimum atomic E-state index is -3.30. The van der Waals surface area contributed by atoms with E-state index in [2.05, 4.69) is 51.4 Å². The van der Waals surface area contributed by atoms with Gasteiger partial charge in [0.05, 0.1) is 23.6 Å². The van der Waals surface area contributed by atoms with E-state index in [0.29, 0.717) is 16.7 Å². The van der Waals surface area contributed by atoms with Gasteiger partial charge in [-0.05, 0) is 42.8 Å². The molecule has 3 aromatic rings. The molecule has 1 aromatic heterocycles. The molecule has 152 valence electrons. The van der Waals surface area contributed by atoms with Gasteiger partial charge in [-0.3, -0.25) is 0 Å². The predicted molar refractivity (Wildman–Crippen MR) is 114 cm³/mol. The van der Waals surface area contributed by atoms with E-state index in [1.165, 1.54) is 18.3 Å². The molecule has 1 N–H and O–H groups in total. The predicted octanol–water partition coefficient (Wildman–Crippen LogP) is 3.04. The van der Waals surface area contributed by atoms with Crippen LogP contribution in [0.2, 0.25) is 0 Å². The molecule has 7 nitrogen and oxygen atoms in total. The highest BCUT2D eigenvalue weighted by atomic mass is 32.2. The van der Waals surface area contributed by atoms with Crippen molar-refractivity contribution in [1.82, 2.24) is 9.97 Å². The van der Waals surface area contributed by atoms with Crippen molar-refractivity contribution in [2.45, 2.75) is 17.9 Å². The summed E-state index contributed by atoms with van der Waals surface area (Å²) in [4.78, 5) is 11.2. The zero-order valence-electron chi connectivity index (χ0n) is 16.5. The zero-order valence-corrected chi connectivity index (χ0v) is 17.3. The third-order valence-corrected chi connectivity index (χ3v) is 6.27. The van der Waals surface area contributed by atoms with Crippen LogP contribution in [0, 0.1) is 0 Å². The van der Waals surface area contributed by atoms with Gasteiger partial charge in [-0.25, -0.2) is 18.4 Å². The summed E-state index contributed by atoms with van der Waals surface area (Å²) in [5, 5.41) is 4.09. The highest BCUT2D eigenvalue weighted by Gasteiger charge is 2.15. The van der Waals surface area contributed by atoms with Gasteiger partial charge in [0.25, 0.3) is 0 Å². The summed E-state index contributed by atoms with van der Waals surface area (Å²) in [6.45, 7) is 5.38. The van der Waals surface area contributed by atoms with Crippen molar-refractivity contribution in [2.75, 3.05) is 42.8 Å². The van der Waals surface area contributed by atoms with Gasteiger partial charge < -0.3 is 15.0 Å². The second kappa shape index (κ2) is 7.96. The number of rotatable bonds is 5. The van der Waals surface area contributed by atoms with Crippen LogP contribution in [0.3, 0.4) is 0 Å². The highest BCUT2D eigenvalue weighted by molar-refractivity contribution is 7.90. The molecule has 0 amide bonds. The Kier molecular flexibility index (Phi) is 5.38. The molecule has 1 unspecified atom stereocenters. The fraction of sp³-hybridized carbons (Fsp3) is 0.333. The highest BCUT2D eigenvalue weighted by Crippen LogP contribution is 2.27. The van der Waals surface area contributed by atoms with Crippen LogP contribution in [0.15, 0.2) is 53.7 Å². The van der Waals surface area contributed by atoms with Crippen LogP contribution < -0.4 is 10.2 Å². The molecule has 0 aliphatic carbocycles. The molecule has 1 aliphatic rings. The lowest BCUT2D eigenvalue weighted by atomic mass is 10.1. The number of ether oxygens (including phenoxy) is 1. The largest absolute Gasteiger partial charge is 0.378 e. The normalized spacial score (nSPS) is 16.0. The lowest BCUT2D eigenvalue weighted by Gasteiger charge is -2.29. The van der Waals surface area contributed by atoms with Gasteiger partial charge in [-0.15, -0.1) is 0 Å². The average Bonchev–Trinajstić information content (AvgIpc) is 2.74. The number of aromatic nitrogens is 2.